The van der Waals surface area contributed by atoms with E-state index in [4.69, 9.17) is 0 Å². The summed E-state index contributed by atoms with van der Waals surface area (Å²) >= 11 is 0. The van der Waals surface area contributed by atoms with Gasteiger partial charge in [-0.1, -0.05) is 0 Å². The molecule has 0 saturated carbocycles. The summed E-state index contributed by atoms with van der Waals surface area (Å²) in [5.74, 6) is -0.347. The van der Waals surface area contributed by atoms with Crippen molar-refractivity contribution in [1.29, 1.82) is 0 Å². The molecule has 0 aromatic heterocycles. The van der Waals surface area contributed by atoms with E-state index in [1.54, 1.807) is 12.1 Å². The molecule has 0 aliphatic carbocycles. The number of hydrogen-bond donors (Lipinski definition) is 1. The first-order chi connectivity index (χ1) is 13.9. The molecule has 1 fully saturated rings. The maximum atomic E-state index is 12.7. The van der Waals surface area contributed by atoms with Gasteiger partial charge >= 0.3 is 0 Å². The second-order valence-corrected chi connectivity index (χ2v) is 7.28. The van der Waals surface area contributed by atoms with E-state index in [0.29, 0.717) is 11.4 Å². The van der Waals surface area contributed by atoms with Crippen LogP contribution >= 0.6 is 0 Å². The predicted octanol–water partition coefficient (Wildman–Crippen LogP) is 4.60. The molecule has 7 nitrogen and oxygen atoms in total. The minimum absolute atomic E-state index is 0.0202. The zero-order valence-corrected chi connectivity index (χ0v) is 17.3. The fourth-order valence-corrected chi connectivity index (χ4v) is 3.80. The van der Waals surface area contributed by atoms with Crippen molar-refractivity contribution < 1.29 is 9.72 Å². The molecule has 3 rings (SSSR count). The van der Waals surface area contributed by atoms with Gasteiger partial charge in [0.25, 0.3) is 11.6 Å². The highest BCUT2D eigenvalue weighted by Crippen LogP contribution is 2.32. The van der Waals surface area contributed by atoms with E-state index in [2.05, 4.69) is 24.1 Å². The van der Waals surface area contributed by atoms with Crippen molar-refractivity contribution in [2.24, 2.45) is 0 Å². The number of rotatable bonds is 7. The molecule has 1 amide bonds. The third-order valence-corrected chi connectivity index (χ3v) is 5.47. The Bertz CT molecular complexity index is 903. The number of anilines is 3. The summed E-state index contributed by atoms with van der Waals surface area (Å²) in [6.45, 7) is 9.60. The lowest BCUT2D eigenvalue weighted by Crippen LogP contribution is -2.22. The number of hydrogen-bond acceptors (Lipinski definition) is 5. The number of amides is 1. The molecule has 0 spiro atoms. The van der Waals surface area contributed by atoms with E-state index in [0.717, 1.165) is 50.3 Å². The number of benzene rings is 2. The van der Waals surface area contributed by atoms with E-state index < -0.39 is 4.92 Å². The summed E-state index contributed by atoms with van der Waals surface area (Å²) < 4.78 is 0. The summed E-state index contributed by atoms with van der Waals surface area (Å²) in [6, 6.07) is 10.6. The van der Waals surface area contributed by atoms with Crippen LogP contribution in [0.3, 0.4) is 0 Å². The highest BCUT2D eigenvalue weighted by atomic mass is 16.6. The Hall–Kier alpha value is -3.09. The molecular weight excluding hydrogens is 368 g/mol. The van der Waals surface area contributed by atoms with Gasteiger partial charge in [0.15, 0.2) is 0 Å². The monoisotopic (exact) mass is 396 g/mol. The lowest BCUT2D eigenvalue weighted by Gasteiger charge is -2.22. The maximum absolute atomic E-state index is 12.7. The average molecular weight is 396 g/mol. The second kappa shape index (κ2) is 8.94. The Morgan fingerprint density at radius 1 is 1.14 bits per heavy atom. The number of nitrogens with one attached hydrogen (secondary N) is 1. The number of nitro groups is 1. The molecule has 0 atom stereocenters. The van der Waals surface area contributed by atoms with E-state index in [1.807, 2.05) is 30.0 Å². The number of nitro benzene ring substituents is 1. The van der Waals surface area contributed by atoms with Crippen molar-refractivity contribution in [2.75, 3.05) is 41.3 Å². The molecule has 154 valence electrons. The van der Waals surface area contributed by atoms with Gasteiger partial charge in [-0.15, -0.1) is 0 Å². The topological polar surface area (TPSA) is 78.7 Å². The molecule has 1 aliphatic rings. The van der Waals surface area contributed by atoms with Crippen molar-refractivity contribution in [3.8, 4) is 0 Å². The van der Waals surface area contributed by atoms with Gasteiger partial charge < -0.3 is 15.1 Å². The predicted molar refractivity (Wildman–Crippen MR) is 117 cm³/mol. The van der Waals surface area contributed by atoms with Crippen molar-refractivity contribution >= 4 is 28.7 Å². The Morgan fingerprint density at radius 2 is 1.83 bits per heavy atom. The SMILES string of the molecule is CCN(CC)c1ccc(NC(=O)c2ccc(N3CCCC3)c([N+](=O)[O-])c2)c(C)c1. The van der Waals surface area contributed by atoms with Crippen LogP contribution in [0.15, 0.2) is 36.4 Å². The largest absolute Gasteiger partial charge is 0.372 e. The second-order valence-electron chi connectivity index (χ2n) is 7.28. The molecule has 0 radical (unpaired) electrons. The van der Waals surface area contributed by atoms with Crippen LogP contribution in [0.2, 0.25) is 0 Å². The van der Waals surface area contributed by atoms with Crippen LogP contribution in [-0.2, 0) is 0 Å². The Balaban J connectivity index is 1.82. The van der Waals surface area contributed by atoms with Gasteiger partial charge in [-0.05, 0) is 69.5 Å². The lowest BCUT2D eigenvalue weighted by molar-refractivity contribution is -0.384. The van der Waals surface area contributed by atoms with Gasteiger partial charge in [-0.3, -0.25) is 14.9 Å². The fraction of sp³-hybridized carbons (Fsp3) is 0.409. The third kappa shape index (κ3) is 4.50. The van der Waals surface area contributed by atoms with Gasteiger partial charge in [-0.25, -0.2) is 0 Å². The van der Waals surface area contributed by atoms with Crippen LogP contribution < -0.4 is 15.1 Å². The summed E-state index contributed by atoms with van der Waals surface area (Å²) in [5.41, 5.74) is 3.61. The van der Waals surface area contributed by atoms with Crippen LogP contribution in [0.5, 0.6) is 0 Å². The molecule has 1 aliphatic heterocycles. The smallest absolute Gasteiger partial charge is 0.293 e. The lowest BCUT2D eigenvalue weighted by atomic mass is 10.1. The molecule has 0 unspecified atom stereocenters. The molecule has 1 saturated heterocycles. The third-order valence-electron chi connectivity index (χ3n) is 5.47. The number of carbonyl (C=O) groups excluding carboxylic acids is 1. The van der Waals surface area contributed by atoms with Gasteiger partial charge in [0.1, 0.15) is 5.69 Å². The molecular formula is C22H28N4O3. The van der Waals surface area contributed by atoms with Crippen molar-refractivity contribution in [3.05, 3.63) is 57.6 Å². The average Bonchev–Trinajstić information content (AvgIpc) is 3.25. The van der Waals surface area contributed by atoms with Gasteiger partial charge in [0.2, 0.25) is 0 Å². The highest BCUT2D eigenvalue weighted by Gasteiger charge is 2.24. The minimum Gasteiger partial charge on any atom is -0.372 e. The summed E-state index contributed by atoms with van der Waals surface area (Å²) in [6.07, 6.45) is 2.06. The van der Waals surface area contributed by atoms with E-state index in [9.17, 15) is 14.9 Å². The van der Waals surface area contributed by atoms with E-state index in [-0.39, 0.29) is 17.2 Å². The van der Waals surface area contributed by atoms with Crippen molar-refractivity contribution in [3.63, 3.8) is 0 Å². The normalized spacial score (nSPS) is 13.4. The number of nitrogens with zero attached hydrogens (tertiary/aromatic N) is 3. The van der Waals surface area contributed by atoms with Crippen molar-refractivity contribution in [1.82, 2.24) is 0 Å². The standard InChI is InChI=1S/C22H28N4O3/c1-4-24(5-2)18-9-10-19(16(3)14-18)23-22(27)17-8-11-20(21(15-17)26(28)29)25-12-6-7-13-25/h8-11,14-15H,4-7,12-13H2,1-3H3,(H,23,27). The minimum atomic E-state index is -0.408. The van der Waals surface area contributed by atoms with Gasteiger partial charge in [0.05, 0.1) is 4.92 Å². The Kier molecular flexibility index (Phi) is 6.36. The summed E-state index contributed by atoms with van der Waals surface area (Å²) in [7, 11) is 0. The fourth-order valence-electron chi connectivity index (χ4n) is 3.80. The maximum Gasteiger partial charge on any atom is 0.293 e. The zero-order valence-electron chi connectivity index (χ0n) is 17.3. The van der Waals surface area contributed by atoms with Crippen LogP contribution in [-0.4, -0.2) is 37.0 Å². The van der Waals surface area contributed by atoms with E-state index >= 15 is 0 Å². The zero-order chi connectivity index (χ0) is 21.0. The molecule has 2 aromatic carbocycles. The number of aryl methyl sites for hydroxylation is 1. The Labute approximate surface area is 171 Å². The highest BCUT2D eigenvalue weighted by molar-refractivity contribution is 6.05. The molecule has 1 N–H and O–H groups in total. The molecule has 0 bridgehead atoms. The summed E-state index contributed by atoms with van der Waals surface area (Å²) in [4.78, 5) is 28.2. The molecule has 2 aromatic rings. The molecule has 29 heavy (non-hydrogen) atoms. The van der Waals surface area contributed by atoms with Crippen LogP contribution in [0.4, 0.5) is 22.7 Å². The number of carbonyl (C=O) groups is 1. The Morgan fingerprint density at radius 3 is 2.41 bits per heavy atom. The summed E-state index contributed by atoms with van der Waals surface area (Å²) in [5, 5.41) is 14.5. The first-order valence-corrected chi connectivity index (χ1v) is 10.1. The molecule has 7 heteroatoms. The van der Waals surface area contributed by atoms with Crippen LogP contribution in [0, 0.1) is 17.0 Å². The van der Waals surface area contributed by atoms with Crippen LogP contribution in [0.25, 0.3) is 0 Å². The first kappa shape index (κ1) is 20.6. The van der Waals surface area contributed by atoms with Crippen LogP contribution in [0.1, 0.15) is 42.6 Å². The van der Waals surface area contributed by atoms with Gasteiger partial charge in [0, 0.05) is 49.2 Å². The first-order valence-electron chi connectivity index (χ1n) is 10.1. The van der Waals surface area contributed by atoms with Gasteiger partial charge in [-0.2, -0.15) is 0 Å². The van der Waals surface area contributed by atoms with Crippen molar-refractivity contribution in [2.45, 2.75) is 33.6 Å². The molecule has 1 heterocycles. The quantitative estimate of drug-likeness (QED) is 0.546. The van der Waals surface area contributed by atoms with E-state index in [1.165, 1.54) is 6.07 Å².